The molecule has 188 valence electrons. The molecule has 3 aliphatic heterocycles. The third-order valence-electron chi connectivity index (χ3n) is 7.57. The maximum atomic E-state index is 5.63. The average molecular weight is 494 g/mol. The van der Waals surface area contributed by atoms with Crippen LogP contribution in [0.4, 0.5) is 23.3 Å². The first-order valence-corrected chi connectivity index (χ1v) is 13.8. The summed E-state index contributed by atoms with van der Waals surface area (Å²) >= 11 is 5.63. The predicted molar refractivity (Wildman–Crippen MR) is 150 cm³/mol. The third-order valence-corrected chi connectivity index (χ3v) is 7.82. The fraction of sp³-hybridized carbons (Fsp3) is 0.593. The van der Waals surface area contributed by atoms with Gasteiger partial charge in [-0.2, -0.15) is 9.97 Å². The number of anilines is 4. The van der Waals surface area contributed by atoms with E-state index >= 15 is 0 Å². The van der Waals surface area contributed by atoms with Crippen LogP contribution in [0.25, 0.3) is 0 Å². The van der Waals surface area contributed by atoms with Gasteiger partial charge in [0.2, 0.25) is 5.95 Å². The quantitative estimate of drug-likeness (QED) is 0.557. The van der Waals surface area contributed by atoms with Gasteiger partial charge in [-0.25, -0.2) is 0 Å². The summed E-state index contributed by atoms with van der Waals surface area (Å²) in [6, 6.07) is 11.0. The second kappa shape index (κ2) is 11.4. The molecule has 0 unspecified atom stereocenters. The first kappa shape index (κ1) is 24.1. The first-order valence-electron chi connectivity index (χ1n) is 13.4. The van der Waals surface area contributed by atoms with Crippen molar-refractivity contribution in [3.63, 3.8) is 0 Å². The third kappa shape index (κ3) is 6.34. The Labute approximate surface area is 215 Å². The smallest absolute Gasteiger partial charge is 0.232 e. The minimum absolute atomic E-state index is 0.558. The van der Waals surface area contributed by atoms with Gasteiger partial charge in [0.1, 0.15) is 11.6 Å². The van der Waals surface area contributed by atoms with Crippen LogP contribution in [0.3, 0.4) is 0 Å². The molecular weight excluding hydrogens is 454 g/mol. The Kier molecular flexibility index (Phi) is 7.86. The van der Waals surface area contributed by atoms with Gasteiger partial charge in [0.25, 0.3) is 0 Å². The normalized spacial score (nSPS) is 19.2. The Hall–Kier alpha value is -2.61. The fourth-order valence-electron chi connectivity index (χ4n) is 5.29. The molecule has 2 aromatic rings. The van der Waals surface area contributed by atoms with Crippen LogP contribution in [0.15, 0.2) is 30.3 Å². The van der Waals surface area contributed by atoms with Gasteiger partial charge in [0.15, 0.2) is 5.11 Å². The highest BCUT2D eigenvalue weighted by atomic mass is 32.1. The molecule has 4 heterocycles. The molecule has 0 amide bonds. The topological polar surface area (TPSA) is 59.6 Å². The van der Waals surface area contributed by atoms with E-state index in [-0.39, 0.29) is 0 Å². The molecule has 0 atom stereocenters. The number of hydrogen-bond donors (Lipinski definition) is 2. The Morgan fingerprint density at radius 3 is 2.06 bits per heavy atom. The number of nitrogens with one attached hydrogen (secondary N) is 2. The first-order chi connectivity index (χ1) is 17.1. The fourth-order valence-corrected chi connectivity index (χ4v) is 5.45. The molecule has 3 saturated heterocycles. The molecule has 0 radical (unpaired) electrons. The zero-order chi connectivity index (χ0) is 24.0. The molecule has 7 nitrogen and oxygen atoms in total. The molecule has 35 heavy (non-hydrogen) atoms. The summed E-state index contributed by atoms with van der Waals surface area (Å²) in [4.78, 5) is 17.0. The minimum atomic E-state index is 0.558. The van der Waals surface area contributed by atoms with Crippen molar-refractivity contribution >= 4 is 40.6 Å². The van der Waals surface area contributed by atoms with Gasteiger partial charge < -0.3 is 25.3 Å². The molecule has 0 bridgehead atoms. The summed E-state index contributed by atoms with van der Waals surface area (Å²) in [6.07, 6.45) is 8.76. The zero-order valence-corrected chi connectivity index (χ0v) is 21.8. The van der Waals surface area contributed by atoms with Crippen molar-refractivity contribution in [1.29, 1.82) is 0 Å². The van der Waals surface area contributed by atoms with E-state index in [9.17, 15) is 0 Å². The SMILES string of the molecule is CC1CCN(c2cc(N3CCCCC3)nc(NC(=S)NCc3ccc(N4CCCC4)cc3)n2)CC1. The maximum Gasteiger partial charge on any atom is 0.232 e. The van der Waals surface area contributed by atoms with Crippen LogP contribution in [0.2, 0.25) is 0 Å². The molecule has 2 N–H and O–H groups in total. The van der Waals surface area contributed by atoms with E-state index in [1.807, 2.05) is 0 Å². The van der Waals surface area contributed by atoms with Crippen LogP contribution in [0.1, 0.15) is 57.4 Å². The lowest BCUT2D eigenvalue weighted by Gasteiger charge is -2.33. The Morgan fingerprint density at radius 1 is 0.829 bits per heavy atom. The van der Waals surface area contributed by atoms with Crippen molar-refractivity contribution in [2.75, 3.05) is 59.3 Å². The highest BCUT2D eigenvalue weighted by Gasteiger charge is 2.21. The second-order valence-electron chi connectivity index (χ2n) is 10.3. The minimum Gasteiger partial charge on any atom is -0.372 e. The van der Waals surface area contributed by atoms with E-state index in [4.69, 9.17) is 22.2 Å². The molecule has 3 fully saturated rings. The average Bonchev–Trinajstić information content (AvgIpc) is 3.44. The van der Waals surface area contributed by atoms with Crippen molar-refractivity contribution in [1.82, 2.24) is 15.3 Å². The van der Waals surface area contributed by atoms with Crippen molar-refractivity contribution in [3.05, 3.63) is 35.9 Å². The van der Waals surface area contributed by atoms with Gasteiger partial charge >= 0.3 is 0 Å². The van der Waals surface area contributed by atoms with Gasteiger partial charge in [-0.15, -0.1) is 0 Å². The Morgan fingerprint density at radius 2 is 1.40 bits per heavy atom. The van der Waals surface area contributed by atoms with E-state index in [2.05, 4.69) is 62.6 Å². The summed E-state index contributed by atoms with van der Waals surface area (Å²) in [7, 11) is 0. The number of hydrogen-bond acceptors (Lipinski definition) is 6. The van der Waals surface area contributed by atoms with Gasteiger partial charge in [-0.05, 0) is 80.8 Å². The maximum absolute atomic E-state index is 5.63. The van der Waals surface area contributed by atoms with Crippen LogP contribution in [0.5, 0.6) is 0 Å². The molecule has 3 aliphatic rings. The van der Waals surface area contributed by atoms with Gasteiger partial charge in [-0.3, -0.25) is 0 Å². The lowest BCUT2D eigenvalue weighted by atomic mass is 9.99. The lowest BCUT2D eigenvalue weighted by Crippen LogP contribution is -2.35. The van der Waals surface area contributed by atoms with E-state index in [1.54, 1.807) is 0 Å². The molecule has 0 aliphatic carbocycles. The molecule has 0 saturated carbocycles. The van der Waals surface area contributed by atoms with Crippen LogP contribution in [-0.4, -0.2) is 54.3 Å². The van der Waals surface area contributed by atoms with E-state index in [0.717, 1.165) is 43.7 Å². The lowest BCUT2D eigenvalue weighted by molar-refractivity contribution is 0.436. The summed E-state index contributed by atoms with van der Waals surface area (Å²) in [5.74, 6) is 3.39. The van der Waals surface area contributed by atoms with Gasteiger partial charge in [-0.1, -0.05) is 19.1 Å². The Balaban J connectivity index is 1.23. The molecule has 1 aromatic heterocycles. The van der Waals surface area contributed by atoms with Crippen molar-refractivity contribution in [2.24, 2.45) is 5.92 Å². The molecule has 1 aromatic carbocycles. The standard InChI is InChI=1S/C27H39N7S/c1-21-11-17-34(18-12-21)25-19-24(33-15-3-2-4-16-33)29-26(30-25)31-27(35)28-20-22-7-9-23(10-8-22)32-13-5-6-14-32/h7-10,19,21H,2-6,11-18,20H2,1H3,(H2,28,29,30,31,35). The van der Waals surface area contributed by atoms with Crippen LogP contribution in [0, 0.1) is 5.92 Å². The van der Waals surface area contributed by atoms with Crippen LogP contribution >= 0.6 is 12.2 Å². The highest BCUT2D eigenvalue weighted by Crippen LogP contribution is 2.27. The highest BCUT2D eigenvalue weighted by molar-refractivity contribution is 7.80. The van der Waals surface area contributed by atoms with E-state index in [0.29, 0.717) is 17.6 Å². The largest absolute Gasteiger partial charge is 0.372 e. The number of thiocarbonyl (C=S) groups is 1. The van der Waals surface area contributed by atoms with E-state index in [1.165, 1.54) is 69.3 Å². The predicted octanol–water partition coefficient (Wildman–Crippen LogP) is 4.79. The number of benzene rings is 1. The molecular formula is C27H39N7S. The van der Waals surface area contributed by atoms with Gasteiger partial charge in [0, 0.05) is 57.6 Å². The van der Waals surface area contributed by atoms with Crippen molar-refractivity contribution in [2.45, 2.75) is 58.4 Å². The summed E-state index contributed by atoms with van der Waals surface area (Å²) in [5.41, 5.74) is 2.53. The van der Waals surface area contributed by atoms with Crippen molar-refractivity contribution < 1.29 is 0 Å². The van der Waals surface area contributed by atoms with Crippen molar-refractivity contribution in [3.8, 4) is 0 Å². The zero-order valence-electron chi connectivity index (χ0n) is 21.0. The summed E-state index contributed by atoms with van der Waals surface area (Å²) < 4.78 is 0. The number of aromatic nitrogens is 2. The second-order valence-corrected chi connectivity index (χ2v) is 10.7. The Bertz CT molecular complexity index is 976. The van der Waals surface area contributed by atoms with E-state index < -0.39 is 0 Å². The molecule has 0 spiro atoms. The van der Waals surface area contributed by atoms with Gasteiger partial charge in [0.05, 0.1) is 0 Å². The van der Waals surface area contributed by atoms with Crippen LogP contribution < -0.4 is 25.3 Å². The van der Waals surface area contributed by atoms with Crippen LogP contribution in [-0.2, 0) is 6.54 Å². The monoisotopic (exact) mass is 493 g/mol. The number of rotatable bonds is 6. The summed E-state index contributed by atoms with van der Waals surface area (Å²) in [5, 5.41) is 7.17. The number of piperidine rings is 2. The number of nitrogens with zero attached hydrogens (tertiary/aromatic N) is 5. The summed E-state index contributed by atoms with van der Waals surface area (Å²) in [6.45, 7) is 9.57. The molecule has 5 rings (SSSR count). The molecule has 8 heteroatoms.